The molecule has 96 valence electrons. The van der Waals surface area contributed by atoms with Crippen LogP contribution in [0, 0.1) is 6.92 Å². The van der Waals surface area contributed by atoms with E-state index >= 15 is 0 Å². The van der Waals surface area contributed by atoms with E-state index in [1.54, 1.807) is 0 Å². The molecule has 0 aliphatic rings. The Balaban J connectivity index is 2.19. The molecule has 19 heavy (non-hydrogen) atoms. The number of oxazole rings is 1. The van der Waals surface area contributed by atoms with E-state index in [9.17, 15) is 0 Å². The van der Waals surface area contributed by atoms with Gasteiger partial charge in [0.05, 0.1) is 5.69 Å². The van der Waals surface area contributed by atoms with Gasteiger partial charge in [-0.2, -0.15) is 0 Å². The van der Waals surface area contributed by atoms with Crippen molar-refractivity contribution in [2.75, 3.05) is 5.73 Å². The smallest absolute Gasteiger partial charge is 0.227 e. The summed E-state index contributed by atoms with van der Waals surface area (Å²) in [6, 6.07) is 9.76. The number of aromatic nitrogens is 1. The van der Waals surface area contributed by atoms with Crippen molar-refractivity contribution in [2.45, 2.75) is 6.92 Å². The van der Waals surface area contributed by atoms with Crippen LogP contribution in [0.4, 0.5) is 5.69 Å². The van der Waals surface area contributed by atoms with Crippen molar-refractivity contribution in [1.82, 2.24) is 4.98 Å². The highest BCUT2D eigenvalue weighted by Gasteiger charge is 2.11. The van der Waals surface area contributed by atoms with Crippen LogP contribution in [0.5, 0.6) is 0 Å². The van der Waals surface area contributed by atoms with Crippen LogP contribution in [0.25, 0.3) is 22.6 Å². The van der Waals surface area contributed by atoms with Crippen LogP contribution in [0.1, 0.15) is 5.56 Å². The molecule has 0 saturated carbocycles. The Morgan fingerprint density at radius 1 is 1.11 bits per heavy atom. The van der Waals surface area contributed by atoms with Crippen molar-refractivity contribution >= 4 is 48.6 Å². The lowest BCUT2D eigenvalue weighted by Crippen LogP contribution is -1.89. The van der Waals surface area contributed by atoms with E-state index in [2.05, 4.69) is 36.8 Å². The van der Waals surface area contributed by atoms with E-state index in [-0.39, 0.29) is 0 Å². The predicted molar refractivity (Wildman–Crippen MR) is 84.0 cm³/mol. The Kier molecular flexibility index (Phi) is 3.11. The number of hydrogen-bond acceptors (Lipinski definition) is 3. The van der Waals surface area contributed by atoms with Crippen LogP contribution in [-0.4, -0.2) is 4.98 Å². The number of aryl methyl sites for hydroxylation is 1. The number of anilines is 1. The van der Waals surface area contributed by atoms with Gasteiger partial charge in [-0.15, -0.1) is 0 Å². The highest BCUT2D eigenvalue weighted by atomic mass is 79.9. The molecule has 0 spiro atoms. The molecular weight excluding hydrogens is 372 g/mol. The van der Waals surface area contributed by atoms with Crippen LogP contribution in [0.2, 0.25) is 0 Å². The van der Waals surface area contributed by atoms with Crippen LogP contribution in [0.3, 0.4) is 0 Å². The third kappa shape index (κ3) is 2.28. The molecule has 3 rings (SSSR count). The first-order chi connectivity index (χ1) is 9.04. The maximum atomic E-state index is 5.88. The number of rotatable bonds is 1. The third-order valence-electron chi connectivity index (χ3n) is 2.87. The molecule has 1 aromatic heterocycles. The second kappa shape index (κ2) is 4.65. The third-order valence-corrected chi connectivity index (χ3v) is 4.18. The van der Waals surface area contributed by atoms with Gasteiger partial charge < -0.3 is 10.2 Å². The number of nitrogen functional groups attached to an aromatic ring is 1. The number of halogens is 2. The van der Waals surface area contributed by atoms with E-state index < -0.39 is 0 Å². The average molecular weight is 382 g/mol. The predicted octanol–water partition coefficient (Wildman–Crippen LogP) is 4.91. The van der Waals surface area contributed by atoms with Gasteiger partial charge in [0.15, 0.2) is 5.58 Å². The van der Waals surface area contributed by atoms with Gasteiger partial charge in [0.2, 0.25) is 5.89 Å². The monoisotopic (exact) mass is 380 g/mol. The molecule has 0 aliphatic heterocycles. The molecule has 3 nitrogen and oxygen atoms in total. The highest BCUT2D eigenvalue weighted by molar-refractivity contribution is 9.11. The summed E-state index contributed by atoms with van der Waals surface area (Å²) in [5, 5.41) is 0. The maximum Gasteiger partial charge on any atom is 0.227 e. The van der Waals surface area contributed by atoms with Crippen LogP contribution < -0.4 is 5.73 Å². The van der Waals surface area contributed by atoms with E-state index in [0.29, 0.717) is 11.6 Å². The quantitative estimate of drug-likeness (QED) is 0.609. The molecule has 0 unspecified atom stereocenters. The molecule has 0 amide bonds. The van der Waals surface area contributed by atoms with Gasteiger partial charge in [-0.1, -0.05) is 6.07 Å². The first-order valence-electron chi connectivity index (χ1n) is 5.66. The van der Waals surface area contributed by atoms with Gasteiger partial charge in [0.25, 0.3) is 0 Å². The first kappa shape index (κ1) is 12.7. The van der Waals surface area contributed by atoms with Gasteiger partial charge in [-0.25, -0.2) is 4.98 Å². The number of fused-ring (bicyclic) bond motifs is 1. The van der Waals surface area contributed by atoms with E-state index in [1.165, 1.54) is 0 Å². The van der Waals surface area contributed by atoms with Crippen molar-refractivity contribution in [2.24, 2.45) is 0 Å². The molecule has 1 heterocycles. The van der Waals surface area contributed by atoms with Crippen molar-refractivity contribution in [3.8, 4) is 11.5 Å². The summed E-state index contributed by atoms with van der Waals surface area (Å²) in [4.78, 5) is 4.49. The lowest BCUT2D eigenvalue weighted by atomic mass is 10.2. The molecule has 3 aromatic rings. The Morgan fingerprint density at radius 2 is 1.79 bits per heavy atom. The van der Waals surface area contributed by atoms with Crippen LogP contribution >= 0.6 is 31.9 Å². The fourth-order valence-corrected chi connectivity index (χ4v) is 3.05. The van der Waals surface area contributed by atoms with Gasteiger partial charge in [-0.3, -0.25) is 0 Å². The van der Waals surface area contributed by atoms with Crippen LogP contribution in [0.15, 0.2) is 43.7 Å². The van der Waals surface area contributed by atoms with E-state index in [0.717, 1.165) is 31.2 Å². The van der Waals surface area contributed by atoms with Crippen molar-refractivity contribution in [1.29, 1.82) is 0 Å². The summed E-state index contributed by atoms with van der Waals surface area (Å²) in [5.41, 5.74) is 10.2. The zero-order valence-corrected chi connectivity index (χ0v) is 13.2. The Morgan fingerprint density at radius 3 is 2.47 bits per heavy atom. The molecule has 2 N–H and O–H groups in total. The summed E-state index contributed by atoms with van der Waals surface area (Å²) in [6.07, 6.45) is 0. The summed E-state index contributed by atoms with van der Waals surface area (Å²) >= 11 is 6.85. The molecule has 2 aromatic carbocycles. The maximum absolute atomic E-state index is 5.88. The van der Waals surface area contributed by atoms with Gasteiger partial charge >= 0.3 is 0 Å². The summed E-state index contributed by atoms with van der Waals surface area (Å²) in [6.45, 7) is 2.03. The lowest BCUT2D eigenvalue weighted by molar-refractivity contribution is 0.619. The van der Waals surface area contributed by atoms with Crippen LogP contribution in [-0.2, 0) is 0 Å². The molecular formula is C14H10Br2N2O. The molecule has 0 saturated heterocycles. The SMILES string of the molecule is Cc1ccc2nc(-c3cc(Br)c(N)c(Br)c3)oc2c1. The van der Waals surface area contributed by atoms with Crippen molar-refractivity contribution < 1.29 is 4.42 Å². The zero-order chi connectivity index (χ0) is 13.6. The molecule has 0 aliphatic carbocycles. The minimum absolute atomic E-state index is 0.585. The number of benzene rings is 2. The standard InChI is InChI=1S/C14H10Br2N2O/c1-7-2-3-11-12(4-7)19-14(18-11)8-5-9(15)13(17)10(16)6-8/h2-6H,17H2,1H3. The van der Waals surface area contributed by atoms with Crippen molar-refractivity contribution in [3.05, 3.63) is 44.8 Å². The number of nitrogens with two attached hydrogens (primary N) is 1. The normalized spacial score (nSPS) is 11.1. The Bertz CT molecular complexity index is 757. The second-order valence-electron chi connectivity index (χ2n) is 4.34. The summed E-state index contributed by atoms with van der Waals surface area (Å²) < 4.78 is 7.42. The van der Waals surface area contributed by atoms with E-state index in [1.807, 2.05) is 37.3 Å². The molecule has 0 radical (unpaired) electrons. The fourth-order valence-electron chi connectivity index (χ4n) is 1.86. The fraction of sp³-hybridized carbons (Fsp3) is 0.0714. The minimum atomic E-state index is 0.585. The molecule has 0 bridgehead atoms. The second-order valence-corrected chi connectivity index (χ2v) is 6.05. The van der Waals surface area contributed by atoms with E-state index in [4.69, 9.17) is 10.2 Å². The summed E-state index contributed by atoms with van der Waals surface area (Å²) in [5.74, 6) is 0.585. The molecule has 0 fully saturated rings. The minimum Gasteiger partial charge on any atom is -0.436 e. The average Bonchev–Trinajstić information content (AvgIpc) is 2.78. The zero-order valence-electron chi connectivity index (χ0n) is 10.1. The molecule has 5 heteroatoms. The largest absolute Gasteiger partial charge is 0.436 e. The first-order valence-corrected chi connectivity index (χ1v) is 7.25. The van der Waals surface area contributed by atoms with Crippen molar-refractivity contribution in [3.63, 3.8) is 0 Å². The topological polar surface area (TPSA) is 52.0 Å². The van der Waals surface area contributed by atoms with Gasteiger partial charge in [0, 0.05) is 14.5 Å². The van der Waals surface area contributed by atoms with Gasteiger partial charge in [0.1, 0.15) is 5.52 Å². The highest BCUT2D eigenvalue weighted by Crippen LogP contribution is 2.34. The molecule has 0 atom stereocenters. The Labute approximate surface area is 127 Å². The Hall–Kier alpha value is -1.33. The summed E-state index contributed by atoms with van der Waals surface area (Å²) in [7, 11) is 0. The lowest BCUT2D eigenvalue weighted by Gasteiger charge is -2.03. The van der Waals surface area contributed by atoms with Gasteiger partial charge in [-0.05, 0) is 68.6 Å². The number of hydrogen-bond donors (Lipinski definition) is 1. The number of nitrogens with zero attached hydrogens (tertiary/aromatic N) is 1.